The molecule has 1 aromatic rings. The lowest BCUT2D eigenvalue weighted by molar-refractivity contribution is 0.399. The fraction of sp³-hybridized carbons (Fsp3) is 0.400. The lowest BCUT2D eigenvalue weighted by Gasteiger charge is -2.08. The van der Waals surface area contributed by atoms with Crippen molar-refractivity contribution < 1.29 is 9.47 Å². The highest BCUT2D eigenvalue weighted by Crippen LogP contribution is 2.24. The number of methoxy groups -OCH3 is 2. The highest BCUT2D eigenvalue weighted by Gasteiger charge is 2.03. The molecule has 0 aliphatic rings. The van der Waals surface area contributed by atoms with Crippen molar-refractivity contribution >= 4 is 15.9 Å². The van der Waals surface area contributed by atoms with E-state index < -0.39 is 0 Å². The van der Waals surface area contributed by atoms with Crippen LogP contribution in [0.15, 0.2) is 18.2 Å². The SMILES string of the molecule is COc1ccc(OC)c(CCBr)c1. The quantitative estimate of drug-likeness (QED) is 0.759. The van der Waals surface area contributed by atoms with E-state index >= 15 is 0 Å². The van der Waals surface area contributed by atoms with E-state index in [-0.39, 0.29) is 0 Å². The number of hydrogen-bond donors (Lipinski definition) is 0. The van der Waals surface area contributed by atoms with E-state index in [1.54, 1.807) is 14.2 Å². The van der Waals surface area contributed by atoms with Crippen LogP contribution >= 0.6 is 15.9 Å². The van der Waals surface area contributed by atoms with Gasteiger partial charge in [0, 0.05) is 5.33 Å². The molecular weight excluding hydrogens is 232 g/mol. The summed E-state index contributed by atoms with van der Waals surface area (Å²) in [6.45, 7) is 0. The molecule has 72 valence electrons. The smallest absolute Gasteiger partial charge is 0.122 e. The van der Waals surface area contributed by atoms with Gasteiger partial charge in [0.05, 0.1) is 14.2 Å². The first-order chi connectivity index (χ1) is 6.31. The topological polar surface area (TPSA) is 18.5 Å². The van der Waals surface area contributed by atoms with E-state index in [0.717, 1.165) is 23.2 Å². The number of alkyl halides is 1. The number of aryl methyl sites for hydroxylation is 1. The molecule has 0 aliphatic carbocycles. The molecule has 0 bridgehead atoms. The Morgan fingerprint density at radius 2 is 2.00 bits per heavy atom. The molecule has 0 fully saturated rings. The molecule has 0 aliphatic heterocycles. The van der Waals surface area contributed by atoms with Crippen LogP contribution in [0.2, 0.25) is 0 Å². The van der Waals surface area contributed by atoms with Crippen LogP contribution in [-0.2, 0) is 6.42 Å². The number of halogens is 1. The minimum atomic E-state index is 0.872. The molecule has 0 unspecified atom stereocenters. The first-order valence-corrected chi connectivity index (χ1v) is 5.21. The molecule has 0 aromatic heterocycles. The molecule has 0 N–H and O–H groups in total. The standard InChI is InChI=1S/C10H13BrO2/c1-12-9-3-4-10(13-2)8(7-9)5-6-11/h3-4,7H,5-6H2,1-2H3. The zero-order valence-corrected chi connectivity index (χ0v) is 9.43. The third-order valence-electron chi connectivity index (χ3n) is 1.85. The molecule has 0 amide bonds. The summed E-state index contributed by atoms with van der Waals surface area (Å²) in [7, 11) is 3.35. The maximum absolute atomic E-state index is 5.22. The zero-order valence-electron chi connectivity index (χ0n) is 7.84. The highest BCUT2D eigenvalue weighted by atomic mass is 79.9. The lowest BCUT2D eigenvalue weighted by Crippen LogP contribution is -1.94. The average Bonchev–Trinajstić information content (AvgIpc) is 2.18. The van der Waals surface area contributed by atoms with Gasteiger partial charge in [0.25, 0.3) is 0 Å². The van der Waals surface area contributed by atoms with E-state index in [1.165, 1.54) is 5.56 Å². The van der Waals surface area contributed by atoms with Crippen LogP contribution in [0.3, 0.4) is 0 Å². The monoisotopic (exact) mass is 244 g/mol. The van der Waals surface area contributed by atoms with Crippen molar-refractivity contribution in [3.05, 3.63) is 23.8 Å². The maximum Gasteiger partial charge on any atom is 0.122 e. The van der Waals surface area contributed by atoms with Crippen LogP contribution < -0.4 is 9.47 Å². The molecule has 0 atom stereocenters. The molecule has 0 saturated carbocycles. The van der Waals surface area contributed by atoms with Gasteiger partial charge in [0.2, 0.25) is 0 Å². The number of benzene rings is 1. The van der Waals surface area contributed by atoms with Gasteiger partial charge in [0.15, 0.2) is 0 Å². The van der Waals surface area contributed by atoms with Gasteiger partial charge in [-0.05, 0) is 30.2 Å². The summed E-state index contributed by atoms with van der Waals surface area (Å²) in [6, 6.07) is 5.83. The summed E-state index contributed by atoms with van der Waals surface area (Å²) in [6.07, 6.45) is 0.945. The number of hydrogen-bond acceptors (Lipinski definition) is 2. The van der Waals surface area contributed by atoms with Crippen LogP contribution in [0, 0.1) is 0 Å². The molecule has 0 radical (unpaired) electrons. The third kappa shape index (κ3) is 2.62. The zero-order chi connectivity index (χ0) is 9.68. The van der Waals surface area contributed by atoms with Crippen molar-refractivity contribution in [3.63, 3.8) is 0 Å². The Kier molecular flexibility index (Phi) is 4.09. The van der Waals surface area contributed by atoms with Gasteiger partial charge in [-0.25, -0.2) is 0 Å². The summed E-state index contributed by atoms with van der Waals surface area (Å²) in [5, 5.41) is 0.927. The second-order valence-electron chi connectivity index (χ2n) is 2.62. The minimum absolute atomic E-state index is 0.872. The summed E-state index contributed by atoms with van der Waals surface area (Å²) >= 11 is 3.40. The van der Waals surface area contributed by atoms with E-state index in [9.17, 15) is 0 Å². The Hall–Kier alpha value is -0.700. The van der Waals surface area contributed by atoms with Crippen LogP contribution in [0.25, 0.3) is 0 Å². The van der Waals surface area contributed by atoms with Crippen LogP contribution in [0.4, 0.5) is 0 Å². The summed E-state index contributed by atoms with van der Waals surface area (Å²) < 4.78 is 10.4. The van der Waals surface area contributed by atoms with Gasteiger partial charge in [0.1, 0.15) is 11.5 Å². The Bertz CT molecular complexity index is 274. The maximum atomic E-state index is 5.22. The van der Waals surface area contributed by atoms with Crippen molar-refractivity contribution in [1.82, 2.24) is 0 Å². The molecule has 3 heteroatoms. The first-order valence-electron chi connectivity index (χ1n) is 4.08. The predicted octanol–water partition coefficient (Wildman–Crippen LogP) is 2.64. The van der Waals surface area contributed by atoms with Gasteiger partial charge in [-0.15, -0.1) is 0 Å². The van der Waals surface area contributed by atoms with Gasteiger partial charge in [-0.1, -0.05) is 15.9 Å². The Morgan fingerprint density at radius 1 is 1.23 bits per heavy atom. The first kappa shape index (κ1) is 10.4. The van der Waals surface area contributed by atoms with Crippen LogP contribution in [0.5, 0.6) is 11.5 Å². The highest BCUT2D eigenvalue weighted by molar-refractivity contribution is 9.09. The molecule has 0 heterocycles. The summed E-state index contributed by atoms with van der Waals surface area (Å²) in [5.41, 5.74) is 1.17. The van der Waals surface area contributed by atoms with Gasteiger partial charge < -0.3 is 9.47 Å². The molecular formula is C10H13BrO2. The van der Waals surface area contributed by atoms with E-state index in [4.69, 9.17) is 9.47 Å². The van der Waals surface area contributed by atoms with Crippen molar-refractivity contribution in [2.45, 2.75) is 6.42 Å². The Balaban J connectivity index is 2.95. The van der Waals surface area contributed by atoms with Gasteiger partial charge in [-0.3, -0.25) is 0 Å². The van der Waals surface area contributed by atoms with Crippen molar-refractivity contribution in [3.8, 4) is 11.5 Å². The second kappa shape index (κ2) is 5.12. The summed E-state index contributed by atoms with van der Waals surface area (Å²) in [5.74, 6) is 1.79. The molecule has 0 spiro atoms. The van der Waals surface area contributed by atoms with E-state index in [1.807, 2.05) is 18.2 Å². The normalized spacial score (nSPS) is 9.77. The fourth-order valence-electron chi connectivity index (χ4n) is 1.18. The van der Waals surface area contributed by atoms with E-state index in [0.29, 0.717) is 0 Å². The van der Waals surface area contributed by atoms with Crippen molar-refractivity contribution in [1.29, 1.82) is 0 Å². The van der Waals surface area contributed by atoms with Gasteiger partial charge in [-0.2, -0.15) is 0 Å². The largest absolute Gasteiger partial charge is 0.497 e. The van der Waals surface area contributed by atoms with Crippen molar-refractivity contribution in [2.24, 2.45) is 0 Å². The minimum Gasteiger partial charge on any atom is -0.497 e. The molecule has 13 heavy (non-hydrogen) atoms. The van der Waals surface area contributed by atoms with E-state index in [2.05, 4.69) is 15.9 Å². The second-order valence-corrected chi connectivity index (χ2v) is 3.41. The molecule has 2 nitrogen and oxygen atoms in total. The average molecular weight is 245 g/mol. The summed E-state index contributed by atoms with van der Waals surface area (Å²) in [4.78, 5) is 0. The molecule has 0 saturated heterocycles. The number of rotatable bonds is 4. The number of ether oxygens (including phenoxy) is 2. The predicted molar refractivity (Wildman–Crippen MR) is 57.0 cm³/mol. The van der Waals surface area contributed by atoms with Crippen molar-refractivity contribution in [2.75, 3.05) is 19.5 Å². The lowest BCUT2D eigenvalue weighted by atomic mass is 10.1. The third-order valence-corrected chi connectivity index (χ3v) is 2.25. The fourth-order valence-corrected chi connectivity index (χ4v) is 1.61. The molecule has 1 aromatic carbocycles. The molecule has 1 rings (SSSR count). The van der Waals surface area contributed by atoms with Crippen LogP contribution in [-0.4, -0.2) is 19.5 Å². The van der Waals surface area contributed by atoms with Crippen LogP contribution in [0.1, 0.15) is 5.56 Å². The van der Waals surface area contributed by atoms with Gasteiger partial charge >= 0.3 is 0 Å². The Labute approximate surface area is 87.0 Å². The Morgan fingerprint density at radius 3 is 2.54 bits per heavy atom.